The lowest BCUT2D eigenvalue weighted by Crippen LogP contribution is -2.33. The molecule has 116 valence electrons. The Labute approximate surface area is 142 Å². The Morgan fingerprint density at radius 2 is 1.43 bits per heavy atom. The maximum atomic E-state index is 12.3. The van der Waals surface area contributed by atoms with Crippen LogP contribution in [0.1, 0.15) is 37.5 Å². The molecule has 1 atom stereocenters. The number of amides is 2. The zero-order valence-corrected chi connectivity index (χ0v) is 13.8. The molecule has 0 bridgehead atoms. The molecule has 0 radical (unpaired) electrons. The predicted octanol–water partition coefficient (Wildman–Crippen LogP) is 3.32. The molecule has 0 aliphatic carbocycles. The number of hydrogen-bond donors (Lipinski definition) is 0. The third-order valence-corrected chi connectivity index (χ3v) is 4.70. The fourth-order valence-corrected chi connectivity index (χ4v) is 3.07. The van der Waals surface area contributed by atoms with Crippen LogP contribution in [-0.4, -0.2) is 33.9 Å². The number of Topliss-reactive ketones (excluding diaryl/α,β-unsaturated/α-hetero) is 1. The summed E-state index contributed by atoms with van der Waals surface area (Å²) in [5.74, 6) is -0.642. The maximum Gasteiger partial charge on any atom is 0.261 e. The molecule has 0 saturated heterocycles. The molecule has 3 rings (SSSR count). The van der Waals surface area contributed by atoms with Crippen LogP contribution in [-0.2, 0) is 0 Å². The molecule has 0 fully saturated rings. The molecule has 0 unspecified atom stereocenters. The van der Waals surface area contributed by atoms with Gasteiger partial charge in [0.2, 0.25) is 0 Å². The van der Waals surface area contributed by atoms with Crippen LogP contribution in [0, 0.1) is 0 Å². The molecule has 23 heavy (non-hydrogen) atoms. The van der Waals surface area contributed by atoms with E-state index < -0.39 is 4.83 Å². The Kier molecular flexibility index (Phi) is 4.39. The number of fused-ring (bicyclic) bond motifs is 1. The first-order chi connectivity index (χ1) is 11.1. The number of alkyl halides is 1. The molecule has 0 N–H and O–H groups in total. The van der Waals surface area contributed by atoms with Crippen molar-refractivity contribution in [2.75, 3.05) is 6.54 Å². The third-order valence-electron chi connectivity index (χ3n) is 3.83. The van der Waals surface area contributed by atoms with E-state index in [1.54, 1.807) is 48.5 Å². The Balaban J connectivity index is 1.67. The van der Waals surface area contributed by atoms with E-state index in [-0.39, 0.29) is 24.1 Å². The van der Waals surface area contributed by atoms with Gasteiger partial charge in [-0.3, -0.25) is 19.3 Å². The van der Waals surface area contributed by atoms with E-state index in [1.807, 2.05) is 6.07 Å². The van der Waals surface area contributed by atoms with Crippen LogP contribution in [0.15, 0.2) is 54.6 Å². The number of imide groups is 1. The summed E-state index contributed by atoms with van der Waals surface area (Å²) in [4.78, 5) is 37.6. The van der Waals surface area contributed by atoms with Crippen molar-refractivity contribution in [2.45, 2.75) is 11.2 Å². The standard InChI is InChI=1S/C18H14BrNO3/c19-15(16(21)12-6-2-1-3-7-12)10-11-20-17(22)13-8-4-5-9-14(13)18(20)23/h1-9,15H,10-11H2/t15-/m0/s1. The number of carbonyl (C=O) groups excluding carboxylic acids is 3. The third kappa shape index (κ3) is 2.97. The van der Waals surface area contributed by atoms with Crippen LogP contribution in [0.25, 0.3) is 0 Å². The first kappa shape index (κ1) is 15.6. The van der Waals surface area contributed by atoms with E-state index in [0.717, 1.165) is 0 Å². The zero-order chi connectivity index (χ0) is 16.4. The quantitative estimate of drug-likeness (QED) is 0.460. The van der Waals surface area contributed by atoms with E-state index in [1.165, 1.54) is 4.90 Å². The highest BCUT2D eigenvalue weighted by Crippen LogP contribution is 2.24. The fraction of sp³-hybridized carbons (Fsp3) is 0.167. The number of ketones is 1. The zero-order valence-electron chi connectivity index (χ0n) is 12.2. The van der Waals surface area contributed by atoms with Crippen molar-refractivity contribution >= 4 is 33.5 Å². The van der Waals surface area contributed by atoms with Crippen molar-refractivity contribution in [3.8, 4) is 0 Å². The number of benzene rings is 2. The Bertz CT molecular complexity index is 738. The van der Waals surface area contributed by atoms with Crippen LogP contribution in [0.2, 0.25) is 0 Å². The molecule has 0 saturated carbocycles. The number of rotatable bonds is 5. The van der Waals surface area contributed by atoms with Gasteiger partial charge in [-0.05, 0) is 18.6 Å². The Morgan fingerprint density at radius 1 is 0.913 bits per heavy atom. The van der Waals surface area contributed by atoms with Gasteiger partial charge in [-0.25, -0.2) is 0 Å². The summed E-state index contributed by atoms with van der Waals surface area (Å²) in [6, 6.07) is 15.7. The van der Waals surface area contributed by atoms with Gasteiger partial charge in [0.15, 0.2) is 5.78 Å². The SMILES string of the molecule is O=C(c1ccccc1)[C@@H](Br)CCN1C(=O)c2ccccc2C1=O. The lowest BCUT2D eigenvalue weighted by Gasteiger charge is -2.16. The molecular weight excluding hydrogens is 358 g/mol. The summed E-state index contributed by atoms with van der Waals surface area (Å²) >= 11 is 3.36. The smallest absolute Gasteiger partial charge is 0.261 e. The average molecular weight is 372 g/mol. The number of nitrogens with zero attached hydrogens (tertiary/aromatic N) is 1. The first-order valence-corrected chi connectivity index (χ1v) is 8.19. The second-order valence-corrected chi connectivity index (χ2v) is 6.40. The van der Waals surface area contributed by atoms with Crippen LogP contribution in [0.4, 0.5) is 0 Å². The Morgan fingerprint density at radius 3 is 2.00 bits per heavy atom. The van der Waals surface area contributed by atoms with Gasteiger partial charge >= 0.3 is 0 Å². The van der Waals surface area contributed by atoms with Gasteiger partial charge in [0, 0.05) is 12.1 Å². The van der Waals surface area contributed by atoms with Gasteiger partial charge in [0.05, 0.1) is 16.0 Å². The molecule has 1 aliphatic heterocycles. The van der Waals surface area contributed by atoms with Gasteiger partial charge in [0.1, 0.15) is 0 Å². The van der Waals surface area contributed by atoms with Crippen LogP contribution < -0.4 is 0 Å². The number of hydrogen-bond acceptors (Lipinski definition) is 3. The summed E-state index contributed by atoms with van der Waals surface area (Å²) in [7, 11) is 0. The van der Waals surface area contributed by atoms with E-state index in [4.69, 9.17) is 0 Å². The first-order valence-electron chi connectivity index (χ1n) is 7.28. The highest BCUT2D eigenvalue weighted by Gasteiger charge is 2.35. The lowest BCUT2D eigenvalue weighted by molar-refractivity contribution is 0.0648. The molecule has 2 aromatic rings. The van der Waals surface area contributed by atoms with E-state index in [9.17, 15) is 14.4 Å². The molecule has 2 aromatic carbocycles. The van der Waals surface area contributed by atoms with Gasteiger partial charge < -0.3 is 0 Å². The van der Waals surface area contributed by atoms with Crippen molar-refractivity contribution in [2.24, 2.45) is 0 Å². The van der Waals surface area contributed by atoms with Crippen LogP contribution >= 0.6 is 15.9 Å². The molecule has 1 heterocycles. The van der Waals surface area contributed by atoms with Gasteiger partial charge in [-0.15, -0.1) is 0 Å². The second kappa shape index (κ2) is 6.46. The van der Waals surface area contributed by atoms with Gasteiger partial charge in [0.25, 0.3) is 11.8 Å². The van der Waals surface area contributed by atoms with Gasteiger partial charge in [-0.2, -0.15) is 0 Å². The summed E-state index contributed by atoms with van der Waals surface area (Å²) in [5.41, 5.74) is 1.47. The molecular formula is C18H14BrNO3. The topological polar surface area (TPSA) is 54.5 Å². The second-order valence-electron chi connectivity index (χ2n) is 5.29. The predicted molar refractivity (Wildman–Crippen MR) is 89.9 cm³/mol. The summed E-state index contributed by atoms with van der Waals surface area (Å²) in [6.45, 7) is 0.209. The molecule has 4 nitrogen and oxygen atoms in total. The maximum absolute atomic E-state index is 12.3. The molecule has 0 spiro atoms. The van der Waals surface area contributed by atoms with Crippen molar-refractivity contribution in [3.05, 3.63) is 71.3 Å². The highest BCUT2D eigenvalue weighted by atomic mass is 79.9. The summed E-state index contributed by atoms with van der Waals surface area (Å²) in [6.07, 6.45) is 0.374. The Hall–Kier alpha value is -2.27. The molecule has 5 heteroatoms. The molecule has 2 amide bonds. The minimum atomic E-state index is -0.436. The lowest BCUT2D eigenvalue weighted by atomic mass is 10.1. The normalized spacial score (nSPS) is 14.7. The monoisotopic (exact) mass is 371 g/mol. The minimum Gasteiger partial charge on any atom is -0.293 e. The largest absolute Gasteiger partial charge is 0.293 e. The molecule has 0 aromatic heterocycles. The number of halogens is 1. The van der Waals surface area contributed by atoms with E-state index in [0.29, 0.717) is 23.1 Å². The summed E-state index contributed by atoms with van der Waals surface area (Å²) in [5, 5.41) is 0. The van der Waals surface area contributed by atoms with Crippen molar-refractivity contribution in [1.29, 1.82) is 0 Å². The van der Waals surface area contributed by atoms with E-state index >= 15 is 0 Å². The molecule has 1 aliphatic rings. The van der Waals surface area contributed by atoms with Gasteiger partial charge in [-0.1, -0.05) is 58.4 Å². The van der Waals surface area contributed by atoms with Crippen molar-refractivity contribution in [3.63, 3.8) is 0 Å². The minimum absolute atomic E-state index is 0.0535. The summed E-state index contributed by atoms with van der Waals surface area (Å²) < 4.78 is 0. The highest BCUT2D eigenvalue weighted by molar-refractivity contribution is 9.10. The van der Waals surface area contributed by atoms with Crippen molar-refractivity contribution < 1.29 is 14.4 Å². The van der Waals surface area contributed by atoms with E-state index in [2.05, 4.69) is 15.9 Å². The van der Waals surface area contributed by atoms with Crippen molar-refractivity contribution in [1.82, 2.24) is 4.90 Å². The fourth-order valence-electron chi connectivity index (χ4n) is 2.60. The van der Waals surface area contributed by atoms with Crippen LogP contribution in [0.3, 0.4) is 0 Å². The average Bonchev–Trinajstić information content (AvgIpc) is 2.84. The van der Waals surface area contributed by atoms with Crippen LogP contribution in [0.5, 0.6) is 0 Å². The number of carbonyl (C=O) groups is 3.